The first-order valence-electron chi connectivity index (χ1n) is 9.51. The van der Waals surface area contributed by atoms with Crippen LogP contribution >= 0.6 is 0 Å². The van der Waals surface area contributed by atoms with E-state index in [0.29, 0.717) is 17.8 Å². The Kier molecular flexibility index (Phi) is 5.02. The van der Waals surface area contributed by atoms with Gasteiger partial charge in [-0.05, 0) is 56.1 Å². The van der Waals surface area contributed by atoms with Crippen LogP contribution in [0.25, 0.3) is 0 Å². The third-order valence-electron chi connectivity index (χ3n) is 7.05. The average molecular weight is 358 g/mol. The molecule has 142 valence electrons. The average Bonchev–Trinajstić information content (AvgIpc) is 2.98. The standard InChI is InChI=1S/C22H30O4/c1-5-16-12-15(20(25)26-16)7-8-17-14(2)6-9-18-21(17,3)11-10-19(24)22(18,4)13-23/h5,7-8,12,17-19,23-24H,2,6,9-11,13H2,1,3-4H3/b8-7+,16-5-/t17-,18+,19-,21+,22+/m1/s1. The van der Waals surface area contributed by atoms with Gasteiger partial charge in [-0.25, -0.2) is 4.79 Å². The third-order valence-corrected chi connectivity index (χ3v) is 7.05. The summed E-state index contributed by atoms with van der Waals surface area (Å²) in [7, 11) is 0. The maximum atomic E-state index is 12.0. The van der Waals surface area contributed by atoms with Crippen molar-refractivity contribution in [2.45, 2.75) is 52.6 Å². The lowest BCUT2D eigenvalue weighted by Gasteiger charge is -2.59. The predicted octanol–water partition coefficient (Wildman–Crippen LogP) is 3.67. The molecule has 4 nitrogen and oxygen atoms in total. The van der Waals surface area contributed by atoms with E-state index in [1.54, 1.807) is 12.2 Å². The summed E-state index contributed by atoms with van der Waals surface area (Å²) in [6, 6.07) is 0. The largest absolute Gasteiger partial charge is 0.423 e. The number of rotatable bonds is 3. The lowest BCUT2D eigenvalue weighted by Crippen LogP contribution is -2.57. The van der Waals surface area contributed by atoms with Gasteiger partial charge in [0.1, 0.15) is 5.76 Å². The van der Waals surface area contributed by atoms with Crippen LogP contribution in [0.1, 0.15) is 46.5 Å². The summed E-state index contributed by atoms with van der Waals surface area (Å²) in [5.74, 6) is 0.578. The zero-order chi connectivity index (χ0) is 19.1. The van der Waals surface area contributed by atoms with E-state index in [9.17, 15) is 15.0 Å². The Hall–Kier alpha value is -1.65. The molecule has 2 aliphatic carbocycles. The first kappa shape index (κ1) is 19.1. The van der Waals surface area contributed by atoms with Crippen LogP contribution < -0.4 is 0 Å². The molecule has 2 N–H and O–H groups in total. The number of ether oxygens (including phenoxy) is 1. The number of aliphatic hydroxyl groups is 2. The number of cyclic esters (lactones) is 1. The van der Waals surface area contributed by atoms with Crippen LogP contribution in [0.5, 0.6) is 0 Å². The van der Waals surface area contributed by atoms with Gasteiger partial charge >= 0.3 is 5.97 Å². The maximum Gasteiger partial charge on any atom is 0.343 e. The Bertz CT molecular complexity index is 701. The summed E-state index contributed by atoms with van der Waals surface area (Å²) in [5, 5.41) is 20.6. The number of hydrogen-bond donors (Lipinski definition) is 2. The van der Waals surface area contributed by atoms with Crippen molar-refractivity contribution in [3.63, 3.8) is 0 Å². The molecule has 26 heavy (non-hydrogen) atoms. The highest BCUT2D eigenvalue weighted by atomic mass is 16.5. The van der Waals surface area contributed by atoms with Gasteiger partial charge in [0.05, 0.1) is 18.3 Å². The summed E-state index contributed by atoms with van der Waals surface area (Å²) < 4.78 is 5.18. The first-order valence-corrected chi connectivity index (χ1v) is 9.51. The van der Waals surface area contributed by atoms with Crippen molar-refractivity contribution in [2.24, 2.45) is 22.7 Å². The molecule has 0 radical (unpaired) electrons. The van der Waals surface area contributed by atoms with Crippen LogP contribution in [0.15, 0.2) is 47.8 Å². The van der Waals surface area contributed by atoms with Gasteiger partial charge < -0.3 is 14.9 Å². The summed E-state index contributed by atoms with van der Waals surface area (Å²) >= 11 is 0. The second-order valence-electron chi connectivity index (χ2n) is 8.49. The van der Waals surface area contributed by atoms with E-state index < -0.39 is 11.5 Å². The van der Waals surface area contributed by atoms with E-state index in [4.69, 9.17) is 4.74 Å². The second kappa shape index (κ2) is 6.82. The molecule has 0 saturated heterocycles. The van der Waals surface area contributed by atoms with Crippen molar-refractivity contribution in [1.29, 1.82) is 0 Å². The molecular formula is C22H30O4. The smallest absolute Gasteiger partial charge is 0.343 e. The van der Waals surface area contributed by atoms with E-state index in [0.717, 1.165) is 24.8 Å². The fourth-order valence-corrected chi connectivity index (χ4v) is 5.36. The van der Waals surface area contributed by atoms with E-state index in [1.807, 2.05) is 19.9 Å². The third kappa shape index (κ3) is 2.89. The lowest BCUT2D eigenvalue weighted by molar-refractivity contribution is -0.145. The van der Waals surface area contributed by atoms with Gasteiger partial charge in [0, 0.05) is 11.3 Å². The number of carbonyl (C=O) groups is 1. The van der Waals surface area contributed by atoms with E-state index in [2.05, 4.69) is 19.6 Å². The molecule has 3 rings (SSSR count). The molecule has 0 aromatic heterocycles. The fraction of sp³-hybridized carbons (Fsp3) is 0.591. The molecular weight excluding hydrogens is 328 g/mol. The molecule has 4 heteroatoms. The minimum Gasteiger partial charge on any atom is -0.423 e. The molecule has 1 aliphatic heterocycles. The van der Waals surface area contributed by atoms with E-state index in [1.165, 1.54) is 0 Å². The quantitative estimate of drug-likeness (QED) is 0.597. The van der Waals surface area contributed by atoms with Gasteiger partial charge in [-0.3, -0.25) is 0 Å². The molecule has 2 fully saturated rings. The minimum absolute atomic E-state index is 0.0144. The van der Waals surface area contributed by atoms with Crippen LogP contribution in [0.4, 0.5) is 0 Å². The minimum atomic E-state index is -0.497. The van der Waals surface area contributed by atoms with Crippen LogP contribution in [-0.2, 0) is 9.53 Å². The van der Waals surface area contributed by atoms with Crippen LogP contribution in [-0.4, -0.2) is 28.9 Å². The van der Waals surface area contributed by atoms with Crippen molar-refractivity contribution < 1.29 is 19.7 Å². The van der Waals surface area contributed by atoms with E-state index >= 15 is 0 Å². The molecule has 5 atom stereocenters. The van der Waals surface area contributed by atoms with Gasteiger partial charge in [-0.2, -0.15) is 0 Å². The predicted molar refractivity (Wildman–Crippen MR) is 101 cm³/mol. The monoisotopic (exact) mass is 358 g/mol. The summed E-state index contributed by atoms with van der Waals surface area (Å²) in [5.41, 5.74) is 1.13. The Balaban J connectivity index is 1.92. The van der Waals surface area contributed by atoms with Crippen molar-refractivity contribution in [3.8, 4) is 0 Å². The van der Waals surface area contributed by atoms with Gasteiger partial charge in [-0.1, -0.05) is 38.2 Å². The molecule has 0 aromatic carbocycles. The topological polar surface area (TPSA) is 66.8 Å². The van der Waals surface area contributed by atoms with Gasteiger partial charge in [-0.15, -0.1) is 0 Å². The Morgan fingerprint density at radius 3 is 2.73 bits per heavy atom. The number of carbonyl (C=O) groups excluding carboxylic acids is 1. The van der Waals surface area contributed by atoms with Crippen molar-refractivity contribution >= 4 is 5.97 Å². The van der Waals surface area contributed by atoms with Crippen molar-refractivity contribution in [2.75, 3.05) is 6.61 Å². The highest BCUT2D eigenvalue weighted by Crippen LogP contribution is 2.61. The van der Waals surface area contributed by atoms with Gasteiger partial charge in [0.15, 0.2) is 0 Å². The Morgan fingerprint density at radius 2 is 2.12 bits per heavy atom. The maximum absolute atomic E-state index is 12.0. The molecule has 0 aromatic rings. The molecule has 0 spiro atoms. The number of hydrogen-bond acceptors (Lipinski definition) is 4. The Labute approximate surface area is 155 Å². The van der Waals surface area contributed by atoms with Crippen molar-refractivity contribution in [1.82, 2.24) is 0 Å². The summed E-state index contributed by atoms with van der Waals surface area (Å²) in [4.78, 5) is 12.0. The lowest BCUT2D eigenvalue weighted by atomic mass is 9.46. The first-order chi connectivity index (χ1) is 12.3. The molecule has 3 aliphatic rings. The van der Waals surface area contributed by atoms with Gasteiger partial charge in [0.2, 0.25) is 0 Å². The molecule has 0 unspecified atom stereocenters. The summed E-state index contributed by atoms with van der Waals surface area (Å²) in [6.07, 6.45) is 10.3. The number of aliphatic hydroxyl groups excluding tert-OH is 2. The van der Waals surface area contributed by atoms with Crippen molar-refractivity contribution in [3.05, 3.63) is 47.8 Å². The zero-order valence-corrected chi connectivity index (χ0v) is 16.0. The number of esters is 1. The fourth-order valence-electron chi connectivity index (χ4n) is 5.36. The highest BCUT2D eigenvalue weighted by molar-refractivity contribution is 5.95. The van der Waals surface area contributed by atoms with E-state index in [-0.39, 0.29) is 29.8 Å². The Morgan fingerprint density at radius 1 is 1.38 bits per heavy atom. The van der Waals surface area contributed by atoms with Crippen LogP contribution in [0, 0.1) is 22.7 Å². The number of fused-ring (bicyclic) bond motifs is 1. The number of allylic oxidation sites excluding steroid dienone is 4. The highest BCUT2D eigenvalue weighted by Gasteiger charge is 2.57. The van der Waals surface area contributed by atoms with Crippen LogP contribution in [0.3, 0.4) is 0 Å². The molecule has 0 amide bonds. The van der Waals surface area contributed by atoms with Gasteiger partial charge in [0.25, 0.3) is 0 Å². The second-order valence-corrected chi connectivity index (χ2v) is 8.49. The zero-order valence-electron chi connectivity index (χ0n) is 16.0. The summed E-state index contributed by atoms with van der Waals surface area (Å²) in [6.45, 7) is 10.4. The normalized spacial score (nSPS) is 42.1. The molecule has 1 heterocycles. The SMILES string of the molecule is C=C1CC[C@@H]2[C@](C)(CO)[C@H](O)CC[C@@]2(C)[C@@H]1/C=C/C1=CC(=C/C)/OC1=O. The van der Waals surface area contributed by atoms with Crippen LogP contribution in [0.2, 0.25) is 0 Å². The molecule has 0 bridgehead atoms. The molecule has 2 saturated carbocycles.